The summed E-state index contributed by atoms with van der Waals surface area (Å²) in [7, 11) is 0. The Labute approximate surface area is 112 Å². The van der Waals surface area contributed by atoms with Crippen molar-refractivity contribution < 1.29 is 9.59 Å². The molecule has 1 fully saturated rings. The fourth-order valence-corrected chi connectivity index (χ4v) is 2.90. The second-order valence-electron chi connectivity index (χ2n) is 3.33. The third-order valence-electron chi connectivity index (χ3n) is 2.30. The zero-order valence-electron chi connectivity index (χ0n) is 7.77. The summed E-state index contributed by atoms with van der Waals surface area (Å²) in [6, 6.07) is 0. The van der Waals surface area contributed by atoms with Crippen LogP contribution in [0.1, 0.15) is 0 Å². The number of amides is 2. The first-order valence-corrected chi connectivity index (χ1v) is 6.29. The number of hydrogen-bond acceptors (Lipinski definition) is 3. The van der Waals surface area contributed by atoms with Crippen LogP contribution >= 0.6 is 46.8 Å². The van der Waals surface area contributed by atoms with Crippen LogP contribution in [-0.2, 0) is 9.59 Å². The third kappa shape index (κ3) is 2.25. The highest BCUT2D eigenvalue weighted by atomic mass is 35.6. The van der Waals surface area contributed by atoms with Crippen LogP contribution in [0.3, 0.4) is 0 Å². The first-order chi connectivity index (χ1) is 7.40. The SMILES string of the molecule is O=C1C2C=CC=CC2C(=O)N1SC(Cl)(Cl)Cl. The number of imide groups is 1. The molecule has 0 radical (unpaired) electrons. The molecule has 0 bridgehead atoms. The number of fused-ring (bicyclic) bond motifs is 1. The van der Waals surface area contributed by atoms with E-state index in [4.69, 9.17) is 34.8 Å². The van der Waals surface area contributed by atoms with Crippen molar-refractivity contribution in [3.8, 4) is 0 Å². The van der Waals surface area contributed by atoms with Gasteiger partial charge in [-0.2, -0.15) is 0 Å². The molecular weight excluding hydrogens is 293 g/mol. The molecule has 0 saturated carbocycles. The summed E-state index contributed by atoms with van der Waals surface area (Å²) in [6.45, 7) is 0. The number of nitrogens with zero attached hydrogens (tertiary/aromatic N) is 1. The van der Waals surface area contributed by atoms with Crippen LogP contribution in [0.25, 0.3) is 0 Å². The Bertz CT molecular complexity index is 372. The van der Waals surface area contributed by atoms with Gasteiger partial charge in [-0.05, 0) is 0 Å². The molecule has 1 saturated heterocycles. The quantitative estimate of drug-likeness (QED) is 0.424. The Morgan fingerprint density at radius 1 is 1.06 bits per heavy atom. The summed E-state index contributed by atoms with van der Waals surface area (Å²) in [4.78, 5) is 23.7. The minimum atomic E-state index is -1.72. The number of carbonyl (C=O) groups is 2. The summed E-state index contributed by atoms with van der Waals surface area (Å²) in [5, 5.41) is 0. The lowest BCUT2D eigenvalue weighted by atomic mass is 9.91. The highest BCUT2D eigenvalue weighted by Crippen LogP contribution is 2.45. The van der Waals surface area contributed by atoms with E-state index in [9.17, 15) is 9.59 Å². The monoisotopic (exact) mass is 297 g/mol. The lowest BCUT2D eigenvalue weighted by Gasteiger charge is -2.17. The highest BCUT2D eigenvalue weighted by molar-refractivity contribution is 8.03. The Hall–Kier alpha value is -0.160. The van der Waals surface area contributed by atoms with Crippen molar-refractivity contribution in [2.24, 2.45) is 11.8 Å². The van der Waals surface area contributed by atoms with Crippen LogP contribution in [-0.4, -0.2) is 19.2 Å². The topological polar surface area (TPSA) is 37.4 Å². The van der Waals surface area contributed by atoms with E-state index in [1.165, 1.54) is 0 Å². The summed E-state index contributed by atoms with van der Waals surface area (Å²) in [5.41, 5.74) is 0. The Kier molecular flexibility index (Phi) is 3.27. The summed E-state index contributed by atoms with van der Waals surface area (Å²) < 4.78 is -0.783. The van der Waals surface area contributed by atoms with Gasteiger partial charge in [-0.25, -0.2) is 4.31 Å². The molecule has 1 aliphatic carbocycles. The van der Waals surface area contributed by atoms with E-state index in [2.05, 4.69) is 0 Å². The van der Waals surface area contributed by atoms with Crippen molar-refractivity contribution in [3.05, 3.63) is 24.3 Å². The second-order valence-corrected chi connectivity index (χ2v) is 7.44. The molecule has 16 heavy (non-hydrogen) atoms. The predicted octanol–water partition coefficient (Wildman–Crippen LogP) is 2.69. The molecule has 0 aromatic carbocycles. The number of hydrogen-bond donors (Lipinski definition) is 0. The molecule has 2 amide bonds. The fourth-order valence-electron chi connectivity index (χ4n) is 1.65. The van der Waals surface area contributed by atoms with Crippen molar-refractivity contribution in [1.82, 2.24) is 4.31 Å². The molecule has 86 valence electrons. The molecule has 2 aliphatic rings. The maximum Gasteiger partial charge on any atom is 0.256 e. The van der Waals surface area contributed by atoms with Gasteiger partial charge in [0.15, 0.2) is 0 Å². The molecule has 0 aromatic heterocycles. The van der Waals surface area contributed by atoms with Crippen LogP contribution in [0.5, 0.6) is 0 Å². The molecule has 7 heteroatoms. The smallest absolute Gasteiger partial charge is 0.256 e. The van der Waals surface area contributed by atoms with E-state index in [1.807, 2.05) is 0 Å². The maximum atomic E-state index is 11.9. The summed E-state index contributed by atoms with van der Waals surface area (Å²) in [6.07, 6.45) is 6.83. The van der Waals surface area contributed by atoms with Crippen molar-refractivity contribution in [2.75, 3.05) is 0 Å². The first kappa shape index (κ1) is 12.3. The third-order valence-corrected chi connectivity index (χ3v) is 3.67. The number of allylic oxidation sites excluding steroid dienone is 2. The number of alkyl halides is 3. The zero-order valence-corrected chi connectivity index (χ0v) is 10.9. The van der Waals surface area contributed by atoms with Crippen LogP contribution in [0.2, 0.25) is 0 Å². The average Bonchev–Trinajstić information content (AvgIpc) is 2.43. The van der Waals surface area contributed by atoms with Gasteiger partial charge in [-0.15, -0.1) is 0 Å². The van der Waals surface area contributed by atoms with Crippen molar-refractivity contribution >= 4 is 58.6 Å². The van der Waals surface area contributed by atoms with E-state index < -0.39 is 15.0 Å². The van der Waals surface area contributed by atoms with E-state index in [1.54, 1.807) is 24.3 Å². The van der Waals surface area contributed by atoms with Gasteiger partial charge in [-0.3, -0.25) is 9.59 Å². The Morgan fingerprint density at radius 2 is 1.50 bits per heavy atom. The second kappa shape index (κ2) is 4.26. The minimum absolute atomic E-state index is 0.341. The largest absolute Gasteiger partial charge is 0.273 e. The standard InChI is InChI=1S/C9H6Cl3NO2S/c10-9(11,12)16-13-7(14)5-3-1-2-4-6(5)8(13)15/h1-6H. The summed E-state index contributed by atoms with van der Waals surface area (Å²) in [5.74, 6) is -1.60. The van der Waals surface area contributed by atoms with E-state index in [-0.39, 0.29) is 11.8 Å². The fraction of sp³-hybridized carbons (Fsp3) is 0.333. The van der Waals surface area contributed by atoms with E-state index in [0.29, 0.717) is 11.9 Å². The van der Waals surface area contributed by atoms with Crippen molar-refractivity contribution in [1.29, 1.82) is 0 Å². The number of carbonyl (C=O) groups excluding carboxylic acids is 2. The average molecular weight is 299 g/mol. The molecular formula is C9H6Cl3NO2S. The van der Waals surface area contributed by atoms with E-state index in [0.717, 1.165) is 4.31 Å². The number of rotatable bonds is 1. The van der Waals surface area contributed by atoms with Gasteiger partial charge in [0, 0.05) is 11.9 Å². The van der Waals surface area contributed by atoms with Gasteiger partial charge in [0.25, 0.3) is 3.12 Å². The van der Waals surface area contributed by atoms with Gasteiger partial charge >= 0.3 is 0 Å². The molecule has 2 atom stereocenters. The molecule has 0 aromatic rings. The van der Waals surface area contributed by atoms with Crippen LogP contribution in [0.15, 0.2) is 24.3 Å². The Morgan fingerprint density at radius 3 is 1.88 bits per heavy atom. The van der Waals surface area contributed by atoms with Gasteiger partial charge < -0.3 is 0 Å². The molecule has 2 rings (SSSR count). The molecule has 2 unspecified atom stereocenters. The van der Waals surface area contributed by atoms with Crippen LogP contribution in [0.4, 0.5) is 0 Å². The normalized spacial score (nSPS) is 28.8. The maximum absolute atomic E-state index is 11.9. The predicted molar refractivity (Wildman–Crippen MR) is 65.0 cm³/mol. The molecule has 0 spiro atoms. The minimum Gasteiger partial charge on any atom is -0.273 e. The lowest BCUT2D eigenvalue weighted by Crippen LogP contribution is -2.26. The first-order valence-electron chi connectivity index (χ1n) is 4.39. The molecule has 0 N–H and O–H groups in total. The van der Waals surface area contributed by atoms with Gasteiger partial charge in [-0.1, -0.05) is 59.1 Å². The van der Waals surface area contributed by atoms with Gasteiger partial charge in [0.1, 0.15) is 0 Å². The van der Waals surface area contributed by atoms with Crippen LogP contribution in [0, 0.1) is 11.8 Å². The lowest BCUT2D eigenvalue weighted by molar-refractivity contribution is -0.132. The number of halogens is 3. The zero-order chi connectivity index (χ0) is 11.9. The molecule has 1 heterocycles. The summed E-state index contributed by atoms with van der Waals surface area (Å²) >= 11 is 17.3. The van der Waals surface area contributed by atoms with Gasteiger partial charge in [0.2, 0.25) is 11.8 Å². The van der Waals surface area contributed by atoms with E-state index >= 15 is 0 Å². The Balaban J connectivity index is 2.23. The van der Waals surface area contributed by atoms with Crippen LogP contribution < -0.4 is 0 Å². The molecule has 1 aliphatic heterocycles. The van der Waals surface area contributed by atoms with Gasteiger partial charge in [0.05, 0.1) is 11.8 Å². The highest BCUT2D eigenvalue weighted by Gasteiger charge is 2.48. The van der Waals surface area contributed by atoms with Crippen molar-refractivity contribution in [2.45, 2.75) is 3.12 Å². The van der Waals surface area contributed by atoms with Crippen molar-refractivity contribution in [3.63, 3.8) is 0 Å². The molecule has 3 nitrogen and oxygen atoms in total.